The van der Waals surface area contributed by atoms with Gasteiger partial charge >= 0.3 is 6.03 Å². The molecule has 80 valence electrons. The van der Waals surface area contributed by atoms with E-state index in [9.17, 15) is 9.59 Å². The minimum Gasteiger partial charge on any atom is -0.324 e. The minimum absolute atomic E-state index is 0.171. The minimum atomic E-state index is -0.435. The van der Waals surface area contributed by atoms with Gasteiger partial charge in [-0.05, 0) is 18.8 Å². The zero-order chi connectivity index (χ0) is 10.6. The average Bonchev–Trinajstić information content (AvgIpc) is 2.17. The van der Waals surface area contributed by atoms with Crippen LogP contribution in [0, 0.1) is 5.92 Å². The van der Waals surface area contributed by atoms with Gasteiger partial charge in [0, 0.05) is 13.1 Å². The zero-order valence-corrected chi connectivity index (χ0v) is 9.01. The number of hydrogen-bond donors (Lipinski definition) is 1. The zero-order valence-electron chi connectivity index (χ0n) is 8.25. The third-order valence-electron chi connectivity index (χ3n) is 2.31. The first-order valence-corrected chi connectivity index (χ1v) is 5.31. The molecule has 14 heavy (non-hydrogen) atoms. The molecule has 4 nitrogen and oxygen atoms in total. The lowest BCUT2D eigenvalue weighted by Gasteiger charge is -2.30. The van der Waals surface area contributed by atoms with Crippen LogP contribution in [0.15, 0.2) is 0 Å². The highest BCUT2D eigenvalue weighted by Gasteiger charge is 2.21. The smallest absolute Gasteiger partial charge is 0.324 e. The molecular formula is C9H15ClN2O2. The van der Waals surface area contributed by atoms with Crippen LogP contribution < -0.4 is 5.32 Å². The molecule has 1 saturated heterocycles. The molecule has 5 heteroatoms. The monoisotopic (exact) mass is 218 g/mol. The second kappa shape index (κ2) is 5.20. The van der Waals surface area contributed by atoms with Crippen molar-refractivity contribution in [2.75, 3.05) is 19.0 Å². The number of alkyl halides is 1. The van der Waals surface area contributed by atoms with Gasteiger partial charge in [0.15, 0.2) is 0 Å². The number of piperidine rings is 1. The van der Waals surface area contributed by atoms with Crippen molar-refractivity contribution in [2.24, 2.45) is 5.92 Å². The maximum Gasteiger partial charge on any atom is 0.324 e. The van der Waals surface area contributed by atoms with Crippen molar-refractivity contribution >= 4 is 23.5 Å². The Labute approximate surface area is 88.6 Å². The number of carbonyl (C=O) groups is 2. The summed E-state index contributed by atoms with van der Waals surface area (Å²) in [5.74, 6) is -0.0923. The molecule has 0 aromatic rings. The molecule has 1 aliphatic rings. The summed E-state index contributed by atoms with van der Waals surface area (Å²) in [6, 6.07) is -0.317. The van der Waals surface area contributed by atoms with Crippen molar-refractivity contribution in [1.29, 1.82) is 0 Å². The number of nitrogens with zero attached hydrogens (tertiary/aromatic N) is 1. The number of halogens is 1. The van der Waals surface area contributed by atoms with Crippen molar-refractivity contribution < 1.29 is 9.59 Å². The molecule has 1 heterocycles. The first-order chi connectivity index (χ1) is 6.63. The van der Waals surface area contributed by atoms with Crippen molar-refractivity contribution in [2.45, 2.75) is 19.8 Å². The highest BCUT2D eigenvalue weighted by molar-refractivity contribution is 6.28. The molecule has 0 spiro atoms. The fourth-order valence-electron chi connectivity index (χ4n) is 1.61. The van der Waals surface area contributed by atoms with Crippen LogP contribution in [0.5, 0.6) is 0 Å². The Hall–Kier alpha value is -0.770. The molecule has 0 aliphatic carbocycles. The topological polar surface area (TPSA) is 49.4 Å². The third-order valence-corrected chi connectivity index (χ3v) is 2.55. The first-order valence-electron chi connectivity index (χ1n) is 4.78. The van der Waals surface area contributed by atoms with Gasteiger partial charge in [0.05, 0.1) is 0 Å². The molecule has 1 rings (SSSR count). The quantitative estimate of drug-likeness (QED) is 0.673. The Bertz CT molecular complexity index is 233. The molecule has 1 unspecified atom stereocenters. The lowest BCUT2D eigenvalue weighted by molar-refractivity contribution is -0.117. The second-order valence-electron chi connectivity index (χ2n) is 3.68. The average molecular weight is 219 g/mol. The van der Waals surface area contributed by atoms with Gasteiger partial charge in [0.2, 0.25) is 5.91 Å². The lowest BCUT2D eigenvalue weighted by atomic mass is 10.0. The van der Waals surface area contributed by atoms with E-state index in [0.29, 0.717) is 5.92 Å². The molecule has 0 bridgehead atoms. The van der Waals surface area contributed by atoms with Gasteiger partial charge in [-0.1, -0.05) is 6.92 Å². The Balaban J connectivity index is 2.39. The van der Waals surface area contributed by atoms with E-state index >= 15 is 0 Å². The number of rotatable bonds is 1. The largest absolute Gasteiger partial charge is 0.324 e. The van der Waals surface area contributed by atoms with Crippen LogP contribution in [-0.2, 0) is 4.79 Å². The number of imide groups is 1. The number of hydrogen-bond acceptors (Lipinski definition) is 2. The molecule has 1 aliphatic heterocycles. The third kappa shape index (κ3) is 3.18. The van der Waals surface area contributed by atoms with Crippen molar-refractivity contribution in [1.82, 2.24) is 10.2 Å². The van der Waals surface area contributed by atoms with Gasteiger partial charge in [0.25, 0.3) is 0 Å². The molecule has 3 amide bonds. The van der Waals surface area contributed by atoms with Crippen LogP contribution in [-0.4, -0.2) is 35.8 Å². The summed E-state index contributed by atoms with van der Waals surface area (Å²) >= 11 is 5.28. The van der Waals surface area contributed by atoms with Crippen LogP contribution in [0.25, 0.3) is 0 Å². The highest BCUT2D eigenvalue weighted by atomic mass is 35.5. The first kappa shape index (κ1) is 11.3. The Morgan fingerprint density at radius 1 is 1.57 bits per heavy atom. The fraction of sp³-hybridized carbons (Fsp3) is 0.778. The van der Waals surface area contributed by atoms with E-state index in [4.69, 9.17) is 11.6 Å². The molecule has 0 saturated carbocycles. The summed E-state index contributed by atoms with van der Waals surface area (Å²) in [6.45, 7) is 3.55. The van der Waals surface area contributed by atoms with E-state index in [-0.39, 0.29) is 11.9 Å². The van der Waals surface area contributed by atoms with Gasteiger partial charge < -0.3 is 4.90 Å². The van der Waals surface area contributed by atoms with Gasteiger partial charge in [-0.25, -0.2) is 4.79 Å². The van der Waals surface area contributed by atoms with Gasteiger partial charge in [-0.15, -0.1) is 11.6 Å². The normalized spacial score (nSPS) is 21.9. The van der Waals surface area contributed by atoms with Gasteiger partial charge in [-0.2, -0.15) is 0 Å². The van der Waals surface area contributed by atoms with E-state index < -0.39 is 5.91 Å². The maximum absolute atomic E-state index is 11.4. The van der Waals surface area contributed by atoms with E-state index in [1.807, 2.05) is 0 Å². The predicted octanol–water partition coefficient (Wildman–Crippen LogP) is 1.19. The van der Waals surface area contributed by atoms with Crippen molar-refractivity contribution in [3.05, 3.63) is 0 Å². The molecule has 0 radical (unpaired) electrons. The lowest BCUT2D eigenvalue weighted by Crippen LogP contribution is -2.47. The fourth-order valence-corrected chi connectivity index (χ4v) is 1.67. The summed E-state index contributed by atoms with van der Waals surface area (Å²) in [5.41, 5.74) is 0. The molecule has 0 aromatic heterocycles. The molecule has 1 atom stereocenters. The van der Waals surface area contributed by atoms with Crippen LogP contribution in [0.3, 0.4) is 0 Å². The van der Waals surface area contributed by atoms with Crippen LogP contribution in [0.1, 0.15) is 19.8 Å². The van der Waals surface area contributed by atoms with Crippen molar-refractivity contribution in [3.8, 4) is 0 Å². The number of amides is 3. The standard InChI is InChI=1S/C9H15ClN2O2/c1-7-3-2-4-12(6-7)9(14)11-8(13)5-10/h7H,2-6H2,1H3,(H,11,13,14). The summed E-state index contributed by atoms with van der Waals surface area (Å²) in [4.78, 5) is 24.0. The van der Waals surface area contributed by atoms with Crippen LogP contribution >= 0.6 is 11.6 Å². The van der Waals surface area contributed by atoms with E-state index in [1.54, 1.807) is 4.90 Å². The molecule has 1 N–H and O–H groups in total. The predicted molar refractivity (Wildman–Crippen MR) is 54.2 cm³/mol. The molecule has 0 aromatic carbocycles. The van der Waals surface area contributed by atoms with Crippen molar-refractivity contribution in [3.63, 3.8) is 0 Å². The summed E-state index contributed by atoms with van der Waals surface area (Å²) in [7, 11) is 0. The summed E-state index contributed by atoms with van der Waals surface area (Å²) in [5, 5.41) is 2.24. The number of urea groups is 1. The van der Waals surface area contributed by atoms with Crippen LogP contribution in [0.4, 0.5) is 4.79 Å². The summed E-state index contributed by atoms with van der Waals surface area (Å²) in [6.07, 6.45) is 2.15. The highest BCUT2D eigenvalue weighted by Crippen LogP contribution is 2.14. The Kier molecular flexibility index (Phi) is 4.20. The van der Waals surface area contributed by atoms with Crippen LogP contribution in [0.2, 0.25) is 0 Å². The van der Waals surface area contributed by atoms with Gasteiger partial charge in [-0.3, -0.25) is 10.1 Å². The van der Waals surface area contributed by atoms with E-state index in [1.165, 1.54) is 0 Å². The van der Waals surface area contributed by atoms with Gasteiger partial charge in [0.1, 0.15) is 5.88 Å². The number of likely N-dealkylation sites (tertiary alicyclic amines) is 1. The SMILES string of the molecule is CC1CCCN(C(=O)NC(=O)CCl)C1. The Morgan fingerprint density at radius 3 is 2.86 bits per heavy atom. The van der Waals surface area contributed by atoms with E-state index in [2.05, 4.69) is 12.2 Å². The summed E-state index contributed by atoms with van der Waals surface area (Å²) < 4.78 is 0. The van der Waals surface area contributed by atoms with E-state index in [0.717, 1.165) is 25.9 Å². The second-order valence-corrected chi connectivity index (χ2v) is 3.95. The Morgan fingerprint density at radius 2 is 2.29 bits per heavy atom. The molecule has 1 fully saturated rings. The maximum atomic E-state index is 11.4. The number of carbonyl (C=O) groups excluding carboxylic acids is 2. The number of nitrogens with one attached hydrogen (secondary N) is 1. The molecular weight excluding hydrogens is 204 g/mol.